The van der Waals surface area contributed by atoms with Crippen molar-refractivity contribution in [3.63, 3.8) is 0 Å². The van der Waals surface area contributed by atoms with Gasteiger partial charge in [0, 0.05) is 11.3 Å². The molecule has 1 heteroatoms. The molecule has 0 aliphatic heterocycles. The quantitative estimate of drug-likeness (QED) is 0.690. The van der Waals surface area contributed by atoms with Crippen LogP contribution in [0.2, 0.25) is 0 Å². The Hall–Kier alpha value is -0.300. The number of fused-ring (bicyclic) bond motifs is 2. The van der Waals surface area contributed by atoms with Gasteiger partial charge in [-0.05, 0) is 30.6 Å². The predicted octanol–water partition coefficient (Wildman–Crippen LogP) is 3.39. The second kappa shape index (κ2) is 2.88. The SMILES string of the molecule is C=C[C@H](C)[C@]1(O)C[C@H]2CC[C@]1(C)C2(C)C. The van der Waals surface area contributed by atoms with Crippen molar-refractivity contribution < 1.29 is 5.11 Å². The van der Waals surface area contributed by atoms with Gasteiger partial charge in [-0.1, -0.05) is 33.8 Å². The van der Waals surface area contributed by atoms with Gasteiger partial charge in [0.25, 0.3) is 0 Å². The van der Waals surface area contributed by atoms with E-state index in [4.69, 9.17) is 0 Å². The lowest BCUT2D eigenvalue weighted by Crippen LogP contribution is -2.51. The lowest BCUT2D eigenvalue weighted by atomic mass is 9.61. The normalized spacial score (nSPS) is 49.3. The van der Waals surface area contributed by atoms with E-state index in [1.807, 2.05) is 6.08 Å². The minimum Gasteiger partial charge on any atom is -0.389 e. The molecule has 0 spiro atoms. The standard InChI is InChI=1S/C14H24O/c1-6-10(2)14(15)9-11-7-8-13(14,5)12(11,3)4/h6,10-11,15H,1,7-9H2,2-5H3/t10-,11+,13+,14+/m0/s1. The highest BCUT2D eigenvalue weighted by Crippen LogP contribution is 2.71. The lowest BCUT2D eigenvalue weighted by Gasteiger charge is -2.48. The Labute approximate surface area is 93.6 Å². The number of aliphatic hydroxyl groups is 1. The predicted molar refractivity (Wildman–Crippen MR) is 63.5 cm³/mol. The van der Waals surface area contributed by atoms with Crippen molar-refractivity contribution >= 4 is 0 Å². The highest BCUT2D eigenvalue weighted by Gasteiger charge is 2.69. The molecule has 0 radical (unpaired) electrons. The fourth-order valence-electron chi connectivity index (χ4n) is 4.21. The van der Waals surface area contributed by atoms with Crippen LogP contribution < -0.4 is 0 Å². The van der Waals surface area contributed by atoms with Crippen LogP contribution in [-0.4, -0.2) is 10.7 Å². The van der Waals surface area contributed by atoms with Crippen molar-refractivity contribution in [2.75, 3.05) is 0 Å². The molecule has 0 saturated heterocycles. The van der Waals surface area contributed by atoms with E-state index in [0.29, 0.717) is 5.92 Å². The summed E-state index contributed by atoms with van der Waals surface area (Å²) in [7, 11) is 0. The molecule has 2 rings (SSSR count). The molecule has 2 bridgehead atoms. The molecular formula is C14H24O. The molecule has 0 aromatic rings. The third-order valence-corrected chi connectivity index (χ3v) is 6.06. The molecule has 0 aromatic carbocycles. The van der Waals surface area contributed by atoms with Crippen LogP contribution in [0.3, 0.4) is 0 Å². The summed E-state index contributed by atoms with van der Waals surface area (Å²) in [6, 6.07) is 0. The fraction of sp³-hybridized carbons (Fsp3) is 0.857. The third-order valence-electron chi connectivity index (χ3n) is 6.06. The van der Waals surface area contributed by atoms with Gasteiger partial charge in [-0.25, -0.2) is 0 Å². The maximum Gasteiger partial charge on any atom is 0.0768 e. The van der Waals surface area contributed by atoms with E-state index in [-0.39, 0.29) is 16.7 Å². The Balaban J connectivity index is 2.45. The van der Waals surface area contributed by atoms with Crippen molar-refractivity contribution in [1.29, 1.82) is 0 Å². The minimum atomic E-state index is -0.527. The van der Waals surface area contributed by atoms with Gasteiger partial charge >= 0.3 is 0 Å². The van der Waals surface area contributed by atoms with Crippen LogP contribution in [-0.2, 0) is 0 Å². The van der Waals surface area contributed by atoms with Crippen LogP contribution in [0.15, 0.2) is 12.7 Å². The lowest BCUT2D eigenvalue weighted by molar-refractivity contribution is -0.113. The molecule has 0 aromatic heterocycles. The van der Waals surface area contributed by atoms with Crippen LogP contribution in [0.1, 0.15) is 47.0 Å². The second-order valence-electron chi connectivity index (χ2n) is 6.44. The summed E-state index contributed by atoms with van der Waals surface area (Å²) in [4.78, 5) is 0. The summed E-state index contributed by atoms with van der Waals surface area (Å²) in [6.45, 7) is 12.9. The molecule has 0 amide bonds. The summed E-state index contributed by atoms with van der Waals surface area (Å²) in [5.74, 6) is 0.891. The molecule has 1 nitrogen and oxygen atoms in total. The van der Waals surface area contributed by atoms with E-state index >= 15 is 0 Å². The smallest absolute Gasteiger partial charge is 0.0768 e. The van der Waals surface area contributed by atoms with Crippen molar-refractivity contribution in [3.05, 3.63) is 12.7 Å². The maximum atomic E-state index is 11.0. The number of hydrogen-bond acceptors (Lipinski definition) is 1. The van der Waals surface area contributed by atoms with Crippen LogP contribution in [0.4, 0.5) is 0 Å². The average Bonchev–Trinajstić information content (AvgIpc) is 2.48. The Morgan fingerprint density at radius 2 is 2.00 bits per heavy atom. The molecule has 2 aliphatic carbocycles. The van der Waals surface area contributed by atoms with Crippen molar-refractivity contribution in [2.45, 2.75) is 52.6 Å². The topological polar surface area (TPSA) is 20.2 Å². The van der Waals surface area contributed by atoms with E-state index < -0.39 is 5.60 Å². The van der Waals surface area contributed by atoms with Gasteiger partial charge in [-0.15, -0.1) is 6.58 Å². The van der Waals surface area contributed by atoms with Gasteiger partial charge in [-0.2, -0.15) is 0 Å². The molecule has 1 N–H and O–H groups in total. The third kappa shape index (κ3) is 1.03. The van der Waals surface area contributed by atoms with Crippen LogP contribution >= 0.6 is 0 Å². The Bertz CT molecular complexity index is 294. The highest BCUT2D eigenvalue weighted by molar-refractivity contribution is 5.20. The minimum absolute atomic E-state index is 0.0677. The van der Waals surface area contributed by atoms with E-state index in [2.05, 4.69) is 34.3 Å². The molecule has 2 fully saturated rings. The first-order valence-corrected chi connectivity index (χ1v) is 6.14. The molecule has 86 valence electrons. The summed E-state index contributed by atoms with van der Waals surface area (Å²) < 4.78 is 0. The van der Waals surface area contributed by atoms with Crippen molar-refractivity contribution in [1.82, 2.24) is 0 Å². The summed E-state index contributed by atoms with van der Waals surface area (Å²) in [6.07, 6.45) is 5.33. The molecule has 4 atom stereocenters. The first-order valence-electron chi connectivity index (χ1n) is 6.14. The zero-order valence-electron chi connectivity index (χ0n) is 10.5. The van der Waals surface area contributed by atoms with Gasteiger partial charge in [0.2, 0.25) is 0 Å². The van der Waals surface area contributed by atoms with Gasteiger partial charge in [0.15, 0.2) is 0 Å². The first kappa shape index (κ1) is 11.2. The maximum absolute atomic E-state index is 11.0. The molecule has 15 heavy (non-hydrogen) atoms. The molecule has 2 saturated carbocycles. The van der Waals surface area contributed by atoms with Gasteiger partial charge < -0.3 is 5.11 Å². The zero-order chi connectivity index (χ0) is 11.5. The summed E-state index contributed by atoms with van der Waals surface area (Å²) in [5.41, 5.74) is -0.182. The van der Waals surface area contributed by atoms with E-state index in [0.717, 1.165) is 6.42 Å². The van der Waals surface area contributed by atoms with E-state index in [1.54, 1.807) is 0 Å². The van der Waals surface area contributed by atoms with Crippen molar-refractivity contribution in [2.24, 2.45) is 22.7 Å². The number of rotatable bonds is 2. The largest absolute Gasteiger partial charge is 0.389 e. The molecule has 0 heterocycles. The highest BCUT2D eigenvalue weighted by atomic mass is 16.3. The van der Waals surface area contributed by atoms with Crippen LogP contribution in [0, 0.1) is 22.7 Å². The van der Waals surface area contributed by atoms with E-state index in [1.165, 1.54) is 12.8 Å². The summed E-state index contributed by atoms with van der Waals surface area (Å²) >= 11 is 0. The molecular weight excluding hydrogens is 184 g/mol. The zero-order valence-corrected chi connectivity index (χ0v) is 10.5. The van der Waals surface area contributed by atoms with E-state index in [9.17, 15) is 5.11 Å². The Morgan fingerprint density at radius 1 is 1.40 bits per heavy atom. The monoisotopic (exact) mass is 208 g/mol. The Morgan fingerprint density at radius 3 is 2.33 bits per heavy atom. The van der Waals surface area contributed by atoms with Crippen LogP contribution in [0.25, 0.3) is 0 Å². The van der Waals surface area contributed by atoms with Gasteiger partial charge in [0.1, 0.15) is 0 Å². The second-order valence-corrected chi connectivity index (χ2v) is 6.44. The molecule has 2 aliphatic rings. The number of hydrogen-bond donors (Lipinski definition) is 1. The first-order chi connectivity index (χ1) is 6.79. The summed E-state index contributed by atoms with van der Waals surface area (Å²) in [5, 5.41) is 11.0. The Kier molecular flexibility index (Phi) is 2.15. The van der Waals surface area contributed by atoms with Gasteiger partial charge in [0.05, 0.1) is 5.60 Å². The molecule has 0 unspecified atom stereocenters. The fourth-order valence-corrected chi connectivity index (χ4v) is 4.21. The van der Waals surface area contributed by atoms with Crippen LogP contribution in [0.5, 0.6) is 0 Å². The van der Waals surface area contributed by atoms with Crippen molar-refractivity contribution in [3.8, 4) is 0 Å². The average molecular weight is 208 g/mol. The van der Waals surface area contributed by atoms with Gasteiger partial charge in [-0.3, -0.25) is 0 Å².